The molecule has 0 fully saturated rings. The first-order valence-corrected chi connectivity index (χ1v) is 9.51. The number of ether oxygens (including phenoxy) is 1. The Kier molecular flexibility index (Phi) is 6.84. The van der Waals surface area contributed by atoms with Gasteiger partial charge in [-0.15, -0.1) is 0 Å². The number of hydrogen-bond acceptors (Lipinski definition) is 2. The van der Waals surface area contributed by atoms with Crippen molar-refractivity contribution in [2.75, 3.05) is 13.2 Å². The van der Waals surface area contributed by atoms with E-state index < -0.39 is 0 Å². The molecule has 2 nitrogen and oxygen atoms in total. The van der Waals surface area contributed by atoms with Gasteiger partial charge in [0, 0.05) is 0 Å². The Bertz CT molecular complexity index is 808. The summed E-state index contributed by atoms with van der Waals surface area (Å²) in [5.41, 5.74) is 6.28. The molecule has 0 saturated carbocycles. The smallest absolute Gasteiger partial charge is 0.119 e. The van der Waals surface area contributed by atoms with Crippen LogP contribution in [0.5, 0.6) is 5.75 Å². The summed E-state index contributed by atoms with van der Waals surface area (Å²) in [5, 5.41) is 8.93. The van der Waals surface area contributed by atoms with E-state index in [1.54, 1.807) is 0 Å². The van der Waals surface area contributed by atoms with Gasteiger partial charge in [-0.1, -0.05) is 86.1 Å². The molecule has 3 aromatic rings. The van der Waals surface area contributed by atoms with E-state index in [4.69, 9.17) is 9.84 Å². The number of hydrogen-bond donors (Lipinski definition) is 1. The summed E-state index contributed by atoms with van der Waals surface area (Å²) in [6.45, 7) is 2.55. The van der Waals surface area contributed by atoms with Crippen molar-refractivity contribution in [1.82, 2.24) is 0 Å². The monoisotopic (exact) mass is 358 g/mol. The minimum absolute atomic E-state index is 0.0227. The van der Waals surface area contributed by atoms with Crippen LogP contribution in [0.15, 0.2) is 84.9 Å². The molecule has 1 N–H and O–H groups in total. The fourth-order valence-electron chi connectivity index (χ4n) is 3.30. The Balaban J connectivity index is 2.12. The zero-order chi connectivity index (χ0) is 18.9. The zero-order valence-electron chi connectivity index (χ0n) is 15.8. The molecule has 138 valence electrons. The fraction of sp³-hybridized carbons (Fsp3) is 0.200. The van der Waals surface area contributed by atoms with Crippen LogP contribution in [0.2, 0.25) is 0 Å². The molecule has 2 heteroatoms. The van der Waals surface area contributed by atoms with E-state index in [0.29, 0.717) is 6.61 Å². The van der Waals surface area contributed by atoms with Crippen LogP contribution < -0.4 is 4.74 Å². The van der Waals surface area contributed by atoms with E-state index in [1.807, 2.05) is 12.1 Å². The van der Waals surface area contributed by atoms with Gasteiger partial charge in [0.2, 0.25) is 0 Å². The number of aliphatic hydroxyl groups excluding tert-OH is 1. The Morgan fingerprint density at radius 3 is 1.78 bits per heavy atom. The highest BCUT2D eigenvalue weighted by Gasteiger charge is 2.13. The van der Waals surface area contributed by atoms with Gasteiger partial charge in [-0.25, -0.2) is 0 Å². The molecule has 0 aromatic heterocycles. The molecule has 0 bridgehead atoms. The molecular weight excluding hydrogens is 332 g/mol. The van der Waals surface area contributed by atoms with Crippen molar-refractivity contribution in [2.24, 2.45) is 0 Å². The van der Waals surface area contributed by atoms with Crippen LogP contribution in [0.1, 0.15) is 36.5 Å². The Morgan fingerprint density at radius 2 is 1.30 bits per heavy atom. The lowest BCUT2D eigenvalue weighted by atomic mass is 9.87. The molecule has 0 aliphatic rings. The largest absolute Gasteiger partial charge is 0.491 e. The summed E-state index contributed by atoms with van der Waals surface area (Å²) in [6.07, 6.45) is 2.07. The van der Waals surface area contributed by atoms with E-state index in [0.717, 1.165) is 18.6 Å². The van der Waals surface area contributed by atoms with Gasteiger partial charge >= 0.3 is 0 Å². The van der Waals surface area contributed by atoms with Gasteiger partial charge in [0.25, 0.3) is 0 Å². The topological polar surface area (TPSA) is 29.5 Å². The Hall–Kier alpha value is -2.84. The van der Waals surface area contributed by atoms with Crippen molar-refractivity contribution in [3.05, 3.63) is 102 Å². The average Bonchev–Trinajstić information content (AvgIpc) is 2.74. The van der Waals surface area contributed by atoms with E-state index in [9.17, 15) is 0 Å². The standard InChI is InChI=1S/C25H26O2/c1-2-9-24(20-14-16-23(17-15-20)27-19-18-26)25(21-10-5-3-6-11-21)22-12-7-4-8-13-22/h3-8,10-17,26H,2,9,18-19H2,1H3. The van der Waals surface area contributed by atoms with Gasteiger partial charge in [-0.2, -0.15) is 0 Å². The first-order chi connectivity index (χ1) is 13.3. The maximum Gasteiger partial charge on any atom is 0.119 e. The summed E-state index contributed by atoms with van der Waals surface area (Å²) < 4.78 is 5.51. The molecular formula is C25H26O2. The molecule has 0 saturated heterocycles. The lowest BCUT2D eigenvalue weighted by molar-refractivity contribution is 0.201. The van der Waals surface area contributed by atoms with Crippen LogP contribution in [-0.2, 0) is 0 Å². The third-order valence-corrected chi connectivity index (χ3v) is 4.49. The minimum atomic E-state index is 0.0227. The number of benzene rings is 3. The van der Waals surface area contributed by atoms with Gasteiger partial charge in [-0.05, 0) is 46.4 Å². The van der Waals surface area contributed by atoms with Crippen molar-refractivity contribution in [3.8, 4) is 5.75 Å². The second kappa shape index (κ2) is 9.75. The molecule has 0 aliphatic heterocycles. The predicted octanol–water partition coefficient (Wildman–Crippen LogP) is 5.82. The van der Waals surface area contributed by atoms with Crippen molar-refractivity contribution in [2.45, 2.75) is 19.8 Å². The van der Waals surface area contributed by atoms with Crippen molar-refractivity contribution >= 4 is 11.1 Å². The molecule has 0 radical (unpaired) electrons. The zero-order valence-corrected chi connectivity index (χ0v) is 15.8. The molecule has 0 aliphatic carbocycles. The van der Waals surface area contributed by atoms with Crippen molar-refractivity contribution in [3.63, 3.8) is 0 Å². The number of allylic oxidation sites excluding steroid dienone is 1. The highest BCUT2D eigenvalue weighted by molar-refractivity contribution is 5.98. The van der Waals surface area contributed by atoms with Crippen LogP contribution in [0.3, 0.4) is 0 Å². The van der Waals surface area contributed by atoms with E-state index in [2.05, 4.69) is 79.7 Å². The Morgan fingerprint density at radius 1 is 0.741 bits per heavy atom. The molecule has 0 heterocycles. The van der Waals surface area contributed by atoms with Gasteiger partial charge < -0.3 is 9.84 Å². The summed E-state index contributed by atoms with van der Waals surface area (Å²) in [7, 11) is 0. The quantitative estimate of drug-likeness (QED) is 0.514. The van der Waals surface area contributed by atoms with E-state index in [-0.39, 0.29) is 6.61 Å². The lowest BCUT2D eigenvalue weighted by Crippen LogP contribution is -2.01. The minimum Gasteiger partial charge on any atom is -0.491 e. The van der Waals surface area contributed by atoms with Gasteiger partial charge in [0.05, 0.1) is 6.61 Å². The summed E-state index contributed by atoms with van der Waals surface area (Å²) >= 11 is 0. The summed E-state index contributed by atoms with van der Waals surface area (Å²) in [4.78, 5) is 0. The first kappa shape index (κ1) is 18.9. The summed E-state index contributed by atoms with van der Waals surface area (Å²) in [5.74, 6) is 0.782. The number of aliphatic hydroxyl groups is 1. The molecule has 0 unspecified atom stereocenters. The maximum atomic E-state index is 8.93. The van der Waals surface area contributed by atoms with E-state index >= 15 is 0 Å². The normalized spacial score (nSPS) is 10.4. The second-order valence-corrected chi connectivity index (χ2v) is 6.43. The highest BCUT2D eigenvalue weighted by atomic mass is 16.5. The number of rotatable bonds is 8. The van der Waals surface area contributed by atoms with Crippen molar-refractivity contribution in [1.29, 1.82) is 0 Å². The van der Waals surface area contributed by atoms with Crippen molar-refractivity contribution < 1.29 is 9.84 Å². The van der Waals surface area contributed by atoms with Gasteiger partial charge in [0.1, 0.15) is 12.4 Å². The Labute approximate surface area is 161 Å². The third kappa shape index (κ3) is 4.87. The first-order valence-electron chi connectivity index (χ1n) is 9.51. The molecule has 0 atom stereocenters. The molecule has 0 spiro atoms. The molecule has 3 rings (SSSR count). The van der Waals surface area contributed by atoms with Gasteiger partial charge in [0.15, 0.2) is 0 Å². The average molecular weight is 358 g/mol. The van der Waals surface area contributed by atoms with Crippen LogP contribution in [0.25, 0.3) is 11.1 Å². The predicted molar refractivity (Wildman–Crippen MR) is 113 cm³/mol. The fourth-order valence-corrected chi connectivity index (χ4v) is 3.30. The summed E-state index contributed by atoms with van der Waals surface area (Å²) in [6, 6.07) is 29.4. The SMILES string of the molecule is CCCC(=C(c1ccccc1)c1ccccc1)c1ccc(OCCO)cc1. The van der Waals surface area contributed by atoms with Crippen LogP contribution >= 0.6 is 0 Å². The highest BCUT2D eigenvalue weighted by Crippen LogP contribution is 2.35. The van der Waals surface area contributed by atoms with E-state index in [1.165, 1.54) is 27.8 Å². The van der Waals surface area contributed by atoms with Crippen LogP contribution in [-0.4, -0.2) is 18.3 Å². The molecule has 3 aromatic carbocycles. The lowest BCUT2D eigenvalue weighted by Gasteiger charge is -2.17. The van der Waals surface area contributed by atoms with Crippen LogP contribution in [0, 0.1) is 0 Å². The molecule has 27 heavy (non-hydrogen) atoms. The third-order valence-electron chi connectivity index (χ3n) is 4.49. The van der Waals surface area contributed by atoms with Crippen LogP contribution in [0.4, 0.5) is 0 Å². The molecule has 0 amide bonds. The second-order valence-electron chi connectivity index (χ2n) is 6.43. The maximum absolute atomic E-state index is 8.93. The van der Waals surface area contributed by atoms with Gasteiger partial charge in [-0.3, -0.25) is 0 Å².